The molecule has 122 valence electrons. The lowest BCUT2D eigenvalue weighted by molar-refractivity contribution is 0.0857. The van der Waals surface area contributed by atoms with E-state index in [0.717, 1.165) is 30.8 Å². The molecule has 5 heteroatoms. The number of rotatable bonds is 4. The van der Waals surface area contributed by atoms with Gasteiger partial charge in [0.15, 0.2) is 0 Å². The van der Waals surface area contributed by atoms with Crippen LogP contribution < -0.4 is 5.32 Å². The van der Waals surface area contributed by atoms with Crippen LogP contribution in [0.4, 0.5) is 4.39 Å². The Morgan fingerprint density at radius 2 is 2.17 bits per heavy atom. The van der Waals surface area contributed by atoms with E-state index >= 15 is 0 Å². The molecule has 0 spiro atoms. The molecule has 1 aromatic carbocycles. The monoisotopic (exact) mass is 316 g/mol. The molecule has 0 aliphatic carbocycles. The van der Waals surface area contributed by atoms with E-state index in [-0.39, 0.29) is 17.8 Å². The summed E-state index contributed by atoms with van der Waals surface area (Å²) in [6.07, 6.45) is 2.13. The fraction of sp³-hybridized carbons (Fsp3) is 0.389. The molecule has 3 rings (SSSR count). The molecule has 4 nitrogen and oxygen atoms in total. The van der Waals surface area contributed by atoms with Gasteiger partial charge in [0.25, 0.3) is 5.91 Å². The van der Waals surface area contributed by atoms with Crippen molar-refractivity contribution in [2.45, 2.75) is 32.8 Å². The topological polar surface area (TPSA) is 43.3 Å². The Bertz CT molecular complexity index is 718. The lowest BCUT2D eigenvalue weighted by Crippen LogP contribution is -2.32. The summed E-state index contributed by atoms with van der Waals surface area (Å²) >= 11 is 0. The van der Waals surface area contributed by atoms with Crippen molar-refractivity contribution in [3.8, 4) is 5.69 Å². The number of aromatic nitrogens is 1. The van der Waals surface area contributed by atoms with Crippen LogP contribution in [0.25, 0.3) is 5.69 Å². The number of para-hydroxylation sites is 1. The summed E-state index contributed by atoms with van der Waals surface area (Å²) < 4.78 is 21.3. The number of aryl methyl sites for hydroxylation is 1. The minimum atomic E-state index is -0.305. The summed E-state index contributed by atoms with van der Waals surface area (Å²) in [5, 5.41) is 2.92. The van der Waals surface area contributed by atoms with Crippen LogP contribution in [0.15, 0.2) is 30.3 Å². The maximum atomic E-state index is 14.1. The SMILES string of the molecule is Cc1cc(C(=O)NCC2CCCO2)c(C)n1-c1ccccc1F. The highest BCUT2D eigenvalue weighted by molar-refractivity contribution is 5.95. The highest BCUT2D eigenvalue weighted by Crippen LogP contribution is 2.23. The number of hydrogen-bond donors (Lipinski definition) is 1. The number of nitrogens with zero attached hydrogens (tertiary/aromatic N) is 1. The molecule has 1 unspecified atom stereocenters. The van der Waals surface area contributed by atoms with Crippen LogP contribution in [0.2, 0.25) is 0 Å². The molecule has 2 aromatic rings. The number of ether oxygens (including phenoxy) is 1. The molecular weight excluding hydrogens is 295 g/mol. The van der Waals surface area contributed by atoms with E-state index in [2.05, 4.69) is 5.32 Å². The van der Waals surface area contributed by atoms with Gasteiger partial charge in [-0.15, -0.1) is 0 Å². The van der Waals surface area contributed by atoms with Gasteiger partial charge in [-0.1, -0.05) is 12.1 Å². The third-order valence-electron chi connectivity index (χ3n) is 4.28. The van der Waals surface area contributed by atoms with Crippen molar-refractivity contribution in [2.75, 3.05) is 13.2 Å². The smallest absolute Gasteiger partial charge is 0.253 e. The van der Waals surface area contributed by atoms with Crippen LogP contribution in [0.1, 0.15) is 34.6 Å². The molecule has 1 amide bonds. The molecule has 1 atom stereocenters. The molecule has 1 N–H and O–H groups in total. The number of hydrogen-bond acceptors (Lipinski definition) is 2. The van der Waals surface area contributed by atoms with Crippen LogP contribution >= 0.6 is 0 Å². The zero-order valence-corrected chi connectivity index (χ0v) is 13.4. The first-order valence-corrected chi connectivity index (χ1v) is 7.91. The Labute approximate surface area is 135 Å². The molecule has 1 aromatic heterocycles. The van der Waals surface area contributed by atoms with Crippen molar-refractivity contribution in [2.24, 2.45) is 0 Å². The van der Waals surface area contributed by atoms with E-state index in [9.17, 15) is 9.18 Å². The Morgan fingerprint density at radius 1 is 1.39 bits per heavy atom. The number of halogens is 1. The third-order valence-corrected chi connectivity index (χ3v) is 4.28. The Kier molecular flexibility index (Phi) is 4.48. The van der Waals surface area contributed by atoms with E-state index in [1.165, 1.54) is 6.07 Å². The average Bonchev–Trinajstić information content (AvgIpc) is 3.14. The molecule has 1 saturated heterocycles. The number of amides is 1. The molecule has 1 aliphatic heterocycles. The summed E-state index contributed by atoms with van der Waals surface area (Å²) in [6, 6.07) is 8.37. The quantitative estimate of drug-likeness (QED) is 0.941. The van der Waals surface area contributed by atoms with Gasteiger partial charge in [0.05, 0.1) is 17.4 Å². The second kappa shape index (κ2) is 6.54. The summed E-state index contributed by atoms with van der Waals surface area (Å²) in [5.74, 6) is -0.447. The van der Waals surface area contributed by atoms with Gasteiger partial charge in [-0.25, -0.2) is 4.39 Å². The molecule has 0 radical (unpaired) electrons. The zero-order valence-electron chi connectivity index (χ0n) is 13.4. The maximum Gasteiger partial charge on any atom is 0.253 e. The van der Waals surface area contributed by atoms with Crippen LogP contribution in [-0.4, -0.2) is 29.7 Å². The first kappa shape index (κ1) is 15.7. The predicted molar refractivity (Wildman–Crippen MR) is 86.5 cm³/mol. The van der Waals surface area contributed by atoms with Crippen LogP contribution in [-0.2, 0) is 4.74 Å². The summed E-state index contributed by atoms with van der Waals surface area (Å²) in [5.41, 5.74) is 2.59. The van der Waals surface area contributed by atoms with Crippen molar-refractivity contribution in [1.29, 1.82) is 0 Å². The van der Waals surface area contributed by atoms with E-state index in [4.69, 9.17) is 4.74 Å². The average molecular weight is 316 g/mol. The number of carbonyl (C=O) groups is 1. The van der Waals surface area contributed by atoms with E-state index in [0.29, 0.717) is 17.8 Å². The number of nitrogens with one attached hydrogen (secondary N) is 1. The molecule has 2 heterocycles. The largest absolute Gasteiger partial charge is 0.376 e. The second-order valence-electron chi connectivity index (χ2n) is 5.92. The lowest BCUT2D eigenvalue weighted by atomic mass is 10.2. The molecular formula is C18H21FN2O2. The molecule has 0 saturated carbocycles. The predicted octanol–water partition coefficient (Wildman–Crippen LogP) is 3.14. The lowest BCUT2D eigenvalue weighted by Gasteiger charge is -2.12. The normalized spacial score (nSPS) is 17.4. The second-order valence-corrected chi connectivity index (χ2v) is 5.92. The van der Waals surface area contributed by atoms with Gasteiger partial charge in [0, 0.05) is 24.5 Å². The summed E-state index contributed by atoms with van der Waals surface area (Å²) in [7, 11) is 0. The first-order chi connectivity index (χ1) is 11.1. The molecule has 1 fully saturated rings. The van der Waals surface area contributed by atoms with Crippen molar-refractivity contribution in [3.05, 3.63) is 53.1 Å². The number of benzene rings is 1. The first-order valence-electron chi connectivity index (χ1n) is 7.91. The fourth-order valence-electron chi connectivity index (χ4n) is 3.10. The van der Waals surface area contributed by atoms with Crippen LogP contribution in [0.3, 0.4) is 0 Å². The van der Waals surface area contributed by atoms with Gasteiger partial charge in [-0.2, -0.15) is 0 Å². The minimum Gasteiger partial charge on any atom is -0.376 e. The maximum absolute atomic E-state index is 14.1. The Hall–Kier alpha value is -2.14. The fourth-order valence-corrected chi connectivity index (χ4v) is 3.10. The summed E-state index contributed by atoms with van der Waals surface area (Å²) in [4.78, 5) is 12.4. The molecule has 1 aliphatic rings. The van der Waals surface area contributed by atoms with Crippen molar-refractivity contribution < 1.29 is 13.9 Å². The van der Waals surface area contributed by atoms with Gasteiger partial charge < -0.3 is 14.6 Å². The van der Waals surface area contributed by atoms with Crippen molar-refractivity contribution >= 4 is 5.91 Å². The standard InChI is InChI=1S/C18H21FN2O2/c1-12-10-15(18(22)20-11-14-6-5-9-23-14)13(2)21(12)17-8-4-3-7-16(17)19/h3-4,7-8,10,14H,5-6,9,11H2,1-2H3,(H,20,22). The highest BCUT2D eigenvalue weighted by atomic mass is 19.1. The minimum absolute atomic E-state index is 0.106. The third kappa shape index (κ3) is 3.15. The van der Waals surface area contributed by atoms with Gasteiger partial charge >= 0.3 is 0 Å². The highest BCUT2D eigenvalue weighted by Gasteiger charge is 2.20. The van der Waals surface area contributed by atoms with Gasteiger partial charge in [-0.3, -0.25) is 4.79 Å². The van der Waals surface area contributed by atoms with E-state index < -0.39 is 0 Å². The zero-order chi connectivity index (χ0) is 16.4. The summed E-state index contributed by atoms with van der Waals surface area (Å²) in [6.45, 7) is 4.99. The van der Waals surface area contributed by atoms with Crippen LogP contribution in [0, 0.1) is 19.7 Å². The van der Waals surface area contributed by atoms with Crippen molar-refractivity contribution in [1.82, 2.24) is 9.88 Å². The Balaban J connectivity index is 1.82. The van der Waals surface area contributed by atoms with E-state index in [1.54, 1.807) is 28.8 Å². The molecule has 23 heavy (non-hydrogen) atoms. The molecule has 0 bridgehead atoms. The van der Waals surface area contributed by atoms with Gasteiger partial charge in [0.1, 0.15) is 5.82 Å². The van der Waals surface area contributed by atoms with Crippen molar-refractivity contribution in [3.63, 3.8) is 0 Å². The van der Waals surface area contributed by atoms with Gasteiger partial charge in [0.2, 0.25) is 0 Å². The number of carbonyl (C=O) groups excluding carboxylic acids is 1. The van der Waals surface area contributed by atoms with Crippen LogP contribution in [0.5, 0.6) is 0 Å². The van der Waals surface area contributed by atoms with Gasteiger partial charge in [-0.05, 0) is 44.9 Å². The van der Waals surface area contributed by atoms with E-state index in [1.807, 2.05) is 13.8 Å². The Morgan fingerprint density at radius 3 is 2.87 bits per heavy atom.